The number of amides is 7. The molecule has 1 rings (SSSR count). The van der Waals surface area contributed by atoms with Crippen molar-refractivity contribution in [3.63, 3.8) is 0 Å². The van der Waals surface area contributed by atoms with Crippen molar-refractivity contribution in [1.82, 2.24) is 31.5 Å². The molecule has 14 N–H and O–H groups in total. The quantitative estimate of drug-likeness (QED) is 0.0399. The van der Waals surface area contributed by atoms with Crippen LogP contribution in [0.2, 0.25) is 0 Å². The summed E-state index contributed by atoms with van der Waals surface area (Å²) in [7, 11) is 0. The minimum Gasteiger partial charge on any atom is -0.480 e. The molecule has 1 aliphatic heterocycles. The van der Waals surface area contributed by atoms with E-state index >= 15 is 0 Å². The summed E-state index contributed by atoms with van der Waals surface area (Å²) < 4.78 is 0. The van der Waals surface area contributed by atoms with E-state index in [0.29, 0.717) is 25.7 Å². The van der Waals surface area contributed by atoms with E-state index in [1.165, 1.54) is 0 Å². The molecule has 0 spiro atoms. The molecule has 1 heterocycles. The number of aliphatic carboxylic acids is 1. The van der Waals surface area contributed by atoms with Gasteiger partial charge in [-0.1, -0.05) is 27.7 Å². The Labute approximate surface area is 315 Å². The van der Waals surface area contributed by atoms with Gasteiger partial charge >= 0.3 is 5.97 Å². The molecule has 308 valence electrons. The highest BCUT2D eigenvalue weighted by Crippen LogP contribution is 2.19. The molecule has 0 radical (unpaired) electrons. The molecule has 0 unspecified atom stereocenters. The maximum atomic E-state index is 13.6. The van der Waals surface area contributed by atoms with Crippen molar-refractivity contribution < 1.29 is 53.7 Å². The van der Waals surface area contributed by atoms with E-state index in [4.69, 9.17) is 17.2 Å². The second kappa shape index (κ2) is 24.1. The smallest absolute Gasteiger partial charge is 0.326 e. The fourth-order valence-electron chi connectivity index (χ4n) is 5.87. The Hall–Kier alpha value is -4.40. The first kappa shape index (κ1) is 47.6. The van der Waals surface area contributed by atoms with E-state index in [1.54, 1.807) is 13.8 Å². The molecule has 0 saturated carbocycles. The lowest BCUT2D eigenvalue weighted by Gasteiger charge is -2.30. The van der Waals surface area contributed by atoms with Crippen LogP contribution in [0.25, 0.3) is 0 Å². The number of nitrogens with one attached hydrogen (secondary N) is 5. The Morgan fingerprint density at radius 2 is 1.22 bits per heavy atom. The van der Waals surface area contributed by atoms with Crippen molar-refractivity contribution in [3.8, 4) is 0 Å². The van der Waals surface area contributed by atoms with E-state index in [9.17, 15) is 53.7 Å². The fourth-order valence-corrected chi connectivity index (χ4v) is 5.87. The van der Waals surface area contributed by atoms with Crippen molar-refractivity contribution in [1.29, 1.82) is 0 Å². The maximum absolute atomic E-state index is 13.6. The van der Waals surface area contributed by atoms with Crippen molar-refractivity contribution in [2.24, 2.45) is 29.0 Å². The van der Waals surface area contributed by atoms with Crippen LogP contribution in [0.3, 0.4) is 0 Å². The van der Waals surface area contributed by atoms with Gasteiger partial charge in [0.25, 0.3) is 0 Å². The predicted octanol–water partition coefficient (Wildman–Crippen LogP) is -3.72. The first-order valence-corrected chi connectivity index (χ1v) is 18.4. The summed E-state index contributed by atoms with van der Waals surface area (Å²) in [5.74, 6) is -6.96. The molecule has 1 saturated heterocycles. The first-order chi connectivity index (χ1) is 25.4. The van der Waals surface area contributed by atoms with Gasteiger partial charge in [0.15, 0.2) is 0 Å². The molecule has 0 aromatic heterocycles. The Morgan fingerprint density at radius 1 is 0.704 bits per heavy atom. The van der Waals surface area contributed by atoms with E-state index < -0.39 is 103 Å². The third-order valence-corrected chi connectivity index (χ3v) is 8.73. The number of unbranched alkanes of at least 4 members (excludes halogenated alkanes) is 1. The number of likely N-dealkylation sites (tertiary alicyclic amines) is 1. The zero-order valence-electron chi connectivity index (χ0n) is 31.7. The van der Waals surface area contributed by atoms with Gasteiger partial charge in [0, 0.05) is 13.0 Å². The number of rotatable bonds is 25. The first-order valence-electron chi connectivity index (χ1n) is 18.4. The summed E-state index contributed by atoms with van der Waals surface area (Å²) in [6.45, 7) is 5.82. The minimum absolute atomic E-state index is 0.0454. The number of carbonyl (C=O) groups excluding carboxylic acids is 7. The topological polar surface area (TPSA) is 339 Å². The van der Waals surface area contributed by atoms with Gasteiger partial charge in [-0.15, -0.1) is 0 Å². The fraction of sp³-hybridized carbons (Fsp3) is 0.765. The van der Waals surface area contributed by atoms with Crippen LogP contribution >= 0.6 is 0 Å². The lowest BCUT2D eigenvalue weighted by atomic mass is 10.0. The summed E-state index contributed by atoms with van der Waals surface area (Å²) in [4.78, 5) is 104. The Morgan fingerprint density at radius 3 is 1.74 bits per heavy atom. The second-order valence-corrected chi connectivity index (χ2v) is 14.4. The average Bonchev–Trinajstić information content (AvgIpc) is 3.59. The van der Waals surface area contributed by atoms with Crippen LogP contribution in [0.15, 0.2) is 0 Å². The summed E-state index contributed by atoms with van der Waals surface area (Å²) >= 11 is 0. The van der Waals surface area contributed by atoms with Crippen LogP contribution in [0.5, 0.6) is 0 Å². The third kappa shape index (κ3) is 16.3. The molecular weight excluding hydrogens is 710 g/mol. The van der Waals surface area contributed by atoms with Gasteiger partial charge in [-0.25, -0.2) is 4.79 Å². The zero-order valence-corrected chi connectivity index (χ0v) is 31.7. The average molecular weight is 772 g/mol. The van der Waals surface area contributed by atoms with Crippen molar-refractivity contribution in [2.45, 2.75) is 128 Å². The van der Waals surface area contributed by atoms with Crippen LogP contribution in [0.4, 0.5) is 0 Å². The molecule has 1 fully saturated rings. The van der Waals surface area contributed by atoms with Crippen molar-refractivity contribution in [2.75, 3.05) is 26.3 Å². The Balaban J connectivity index is 3.13. The molecule has 20 nitrogen and oxygen atoms in total. The predicted molar refractivity (Wildman–Crippen MR) is 194 cm³/mol. The number of hydrogen-bond acceptors (Lipinski definition) is 12. The molecule has 20 heteroatoms. The summed E-state index contributed by atoms with van der Waals surface area (Å²) in [5, 5.41) is 41.6. The standard InChI is InChI=1S/C34H61N9O11/c1-18(2)14-20(36)28(47)38-22(10-11-27(37)46)30(49)39-21(8-5-6-12-35)29(48)42-25(17-45)33(52)43-13-7-9-26(43)32(51)41-24(16-44)31(50)40-23(34(53)54)15-19(3)4/h18-26,44-45H,5-17,35-36H2,1-4H3,(H2,37,46)(H,38,47)(H,39,49)(H,40,50)(H,41,51)(H,42,48)(H,53,54)/t20-,21-,22-,23-,24-,25-,26-/m0/s1. The summed E-state index contributed by atoms with van der Waals surface area (Å²) in [6, 6.07) is -9.04. The highest BCUT2D eigenvalue weighted by molar-refractivity contribution is 5.97. The van der Waals surface area contributed by atoms with Gasteiger partial charge in [-0.05, 0) is 69.7 Å². The number of aliphatic hydroxyl groups excluding tert-OH is 2. The molecule has 7 atom stereocenters. The Bertz CT molecular complexity index is 1300. The second-order valence-electron chi connectivity index (χ2n) is 14.4. The molecular formula is C34H61N9O11. The minimum atomic E-state index is -1.57. The van der Waals surface area contributed by atoms with Gasteiger partial charge < -0.3 is 64.0 Å². The number of carboxylic acid groups (broad SMARTS) is 1. The highest BCUT2D eigenvalue weighted by atomic mass is 16.4. The van der Waals surface area contributed by atoms with Crippen LogP contribution in [-0.2, 0) is 38.4 Å². The molecule has 0 aliphatic carbocycles. The summed E-state index contributed by atoms with van der Waals surface area (Å²) in [5.41, 5.74) is 16.9. The van der Waals surface area contributed by atoms with Gasteiger partial charge in [0.2, 0.25) is 41.4 Å². The number of carbonyl (C=O) groups is 8. The molecule has 54 heavy (non-hydrogen) atoms. The molecule has 0 aromatic carbocycles. The number of nitrogens with two attached hydrogens (primary N) is 3. The number of carboxylic acids is 1. The molecule has 0 bridgehead atoms. The largest absolute Gasteiger partial charge is 0.480 e. The number of hydrogen-bond donors (Lipinski definition) is 11. The monoisotopic (exact) mass is 771 g/mol. The van der Waals surface area contributed by atoms with Gasteiger partial charge in [-0.2, -0.15) is 0 Å². The van der Waals surface area contributed by atoms with E-state index in [2.05, 4.69) is 26.6 Å². The van der Waals surface area contributed by atoms with E-state index in [-0.39, 0.29) is 57.0 Å². The summed E-state index contributed by atoms with van der Waals surface area (Å²) in [6.07, 6.45) is 1.34. The van der Waals surface area contributed by atoms with Crippen molar-refractivity contribution >= 4 is 47.3 Å². The normalized spacial score (nSPS) is 17.4. The van der Waals surface area contributed by atoms with Crippen LogP contribution in [0, 0.1) is 11.8 Å². The SMILES string of the molecule is CC(C)C[C@H](NC(=O)[C@H](CO)NC(=O)[C@@H]1CCCN1C(=O)[C@H](CO)NC(=O)[C@H](CCCCN)NC(=O)[C@H](CCC(N)=O)NC(=O)[C@@H](N)CC(C)C)C(=O)O. The lowest BCUT2D eigenvalue weighted by molar-refractivity contribution is -0.144. The van der Waals surface area contributed by atoms with Gasteiger partial charge in [-0.3, -0.25) is 33.6 Å². The van der Waals surface area contributed by atoms with Crippen LogP contribution in [-0.4, -0.2) is 136 Å². The van der Waals surface area contributed by atoms with Gasteiger partial charge in [0.05, 0.1) is 19.3 Å². The number of primary amides is 1. The molecule has 0 aromatic rings. The highest BCUT2D eigenvalue weighted by Gasteiger charge is 2.40. The maximum Gasteiger partial charge on any atom is 0.326 e. The van der Waals surface area contributed by atoms with Gasteiger partial charge in [0.1, 0.15) is 36.3 Å². The van der Waals surface area contributed by atoms with E-state index in [1.807, 2.05) is 13.8 Å². The zero-order chi connectivity index (χ0) is 41.1. The van der Waals surface area contributed by atoms with Crippen molar-refractivity contribution in [3.05, 3.63) is 0 Å². The number of nitrogens with zero attached hydrogens (tertiary/aromatic N) is 1. The van der Waals surface area contributed by atoms with Crippen LogP contribution < -0.4 is 43.8 Å². The lowest BCUT2D eigenvalue weighted by Crippen LogP contribution is -2.60. The molecule has 1 aliphatic rings. The third-order valence-electron chi connectivity index (χ3n) is 8.73. The van der Waals surface area contributed by atoms with Crippen LogP contribution in [0.1, 0.15) is 85.5 Å². The Kier molecular flexibility index (Phi) is 21.2. The molecule has 7 amide bonds. The number of aliphatic hydroxyl groups is 2. The van der Waals surface area contributed by atoms with E-state index in [0.717, 1.165) is 4.90 Å².